The lowest BCUT2D eigenvalue weighted by molar-refractivity contribution is 0.202. The van der Waals surface area contributed by atoms with E-state index in [0.29, 0.717) is 0 Å². The molecule has 0 amide bonds. The van der Waals surface area contributed by atoms with E-state index in [1.165, 1.54) is 62.3 Å². The van der Waals surface area contributed by atoms with E-state index in [1.54, 1.807) is 6.33 Å². The predicted molar refractivity (Wildman–Crippen MR) is 79.7 cm³/mol. The summed E-state index contributed by atoms with van der Waals surface area (Å²) in [7, 11) is 0. The van der Waals surface area contributed by atoms with Gasteiger partial charge in [-0.25, -0.2) is 9.97 Å². The van der Waals surface area contributed by atoms with Gasteiger partial charge in [-0.2, -0.15) is 0 Å². The van der Waals surface area contributed by atoms with Crippen molar-refractivity contribution in [2.45, 2.75) is 45.1 Å². The zero-order chi connectivity index (χ0) is 13.4. The molecule has 3 heterocycles. The van der Waals surface area contributed by atoms with Crippen LogP contribution in [0, 0.1) is 11.8 Å². The monoisotopic (exact) mass is 272 g/mol. The fourth-order valence-corrected chi connectivity index (χ4v) is 4.32. The van der Waals surface area contributed by atoms with Crippen molar-refractivity contribution in [3.63, 3.8) is 0 Å². The molecule has 0 radical (unpaired) electrons. The number of rotatable bonds is 1. The van der Waals surface area contributed by atoms with Gasteiger partial charge in [0.15, 0.2) is 0 Å². The van der Waals surface area contributed by atoms with E-state index >= 15 is 0 Å². The Morgan fingerprint density at radius 1 is 1.10 bits per heavy atom. The molecule has 1 saturated carbocycles. The Morgan fingerprint density at radius 2 is 2.00 bits per heavy atom. The van der Waals surface area contributed by atoms with Gasteiger partial charge < -0.3 is 10.2 Å². The fraction of sp³-hybridized carbons (Fsp3) is 0.750. The molecule has 2 unspecified atom stereocenters. The summed E-state index contributed by atoms with van der Waals surface area (Å²) in [5.41, 5.74) is 2.62. The quantitative estimate of drug-likeness (QED) is 0.850. The minimum atomic E-state index is 0.902. The molecule has 0 aromatic carbocycles. The summed E-state index contributed by atoms with van der Waals surface area (Å²) in [6.45, 7) is 4.39. The van der Waals surface area contributed by atoms with Crippen LogP contribution in [0.15, 0.2) is 6.33 Å². The second kappa shape index (κ2) is 5.32. The normalized spacial score (nSPS) is 29.7. The van der Waals surface area contributed by atoms with Crippen molar-refractivity contribution >= 4 is 5.82 Å². The van der Waals surface area contributed by atoms with Crippen LogP contribution in [-0.2, 0) is 13.0 Å². The largest absolute Gasteiger partial charge is 0.356 e. The molecule has 3 aliphatic rings. The molecular formula is C16H24N4. The van der Waals surface area contributed by atoms with Gasteiger partial charge >= 0.3 is 0 Å². The highest BCUT2D eigenvalue weighted by Gasteiger charge is 2.32. The first-order valence-corrected chi connectivity index (χ1v) is 8.20. The van der Waals surface area contributed by atoms with Crippen LogP contribution in [0.5, 0.6) is 0 Å². The van der Waals surface area contributed by atoms with E-state index in [0.717, 1.165) is 31.3 Å². The molecule has 4 heteroatoms. The van der Waals surface area contributed by atoms with Crippen molar-refractivity contribution in [2.75, 3.05) is 24.5 Å². The third kappa shape index (κ3) is 2.20. The van der Waals surface area contributed by atoms with E-state index in [-0.39, 0.29) is 0 Å². The topological polar surface area (TPSA) is 41.1 Å². The number of nitrogens with one attached hydrogen (secondary N) is 1. The summed E-state index contributed by atoms with van der Waals surface area (Å²) in [5, 5.41) is 3.47. The number of nitrogens with zero attached hydrogens (tertiary/aromatic N) is 3. The molecule has 20 heavy (non-hydrogen) atoms. The zero-order valence-corrected chi connectivity index (χ0v) is 12.1. The van der Waals surface area contributed by atoms with E-state index in [9.17, 15) is 0 Å². The third-order valence-corrected chi connectivity index (χ3v) is 5.44. The van der Waals surface area contributed by atoms with Crippen molar-refractivity contribution in [1.29, 1.82) is 0 Å². The summed E-state index contributed by atoms with van der Waals surface area (Å²) in [4.78, 5) is 11.6. The highest BCUT2D eigenvalue weighted by molar-refractivity contribution is 5.50. The molecule has 2 aliphatic heterocycles. The highest BCUT2D eigenvalue weighted by atomic mass is 15.2. The summed E-state index contributed by atoms with van der Waals surface area (Å²) in [6.07, 6.45) is 9.94. The van der Waals surface area contributed by atoms with Crippen LogP contribution in [0.1, 0.15) is 43.4 Å². The molecule has 0 bridgehead atoms. The minimum Gasteiger partial charge on any atom is -0.356 e. The van der Waals surface area contributed by atoms with Gasteiger partial charge in [-0.1, -0.05) is 19.3 Å². The SMILES string of the molecule is c1nc2c(c(N3CCC4CCCCC4C3)n1)CNCC2. The molecule has 108 valence electrons. The smallest absolute Gasteiger partial charge is 0.136 e. The number of hydrogen-bond donors (Lipinski definition) is 1. The maximum Gasteiger partial charge on any atom is 0.136 e. The van der Waals surface area contributed by atoms with Crippen molar-refractivity contribution < 1.29 is 0 Å². The molecule has 1 aromatic rings. The lowest BCUT2D eigenvalue weighted by Gasteiger charge is -2.42. The van der Waals surface area contributed by atoms with Crippen molar-refractivity contribution in [1.82, 2.24) is 15.3 Å². The van der Waals surface area contributed by atoms with Gasteiger partial charge in [-0.15, -0.1) is 0 Å². The summed E-state index contributed by atoms with van der Waals surface area (Å²) >= 11 is 0. The molecule has 0 spiro atoms. The molecule has 4 rings (SSSR count). The van der Waals surface area contributed by atoms with Crippen LogP contribution in [0.25, 0.3) is 0 Å². The second-order valence-electron chi connectivity index (χ2n) is 6.59. The number of piperidine rings is 1. The molecular weight excluding hydrogens is 248 g/mol. The molecule has 1 aliphatic carbocycles. The van der Waals surface area contributed by atoms with Crippen LogP contribution in [-0.4, -0.2) is 29.6 Å². The van der Waals surface area contributed by atoms with Crippen molar-refractivity contribution in [3.8, 4) is 0 Å². The Bertz CT molecular complexity index is 487. The Morgan fingerprint density at radius 3 is 2.95 bits per heavy atom. The lowest BCUT2D eigenvalue weighted by atomic mass is 9.75. The van der Waals surface area contributed by atoms with E-state index < -0.39 is 0 Å². The van der Waals surface area contributed by atoms with Gasteiger partial charge in [0.1, 0.15) is 12.1 Å². The average Bonchev–Trinajstić information content (AvgIpc) is 2.54. The Labute approximate surface area is 121 Å². The fourth-order valence-electron chi connectivity index (χ4n) is 4.32. The summed E-state index contributed by atoms with van der Waals surface area (Å²) in [6, 6.07) is 0. The first kappa shape index (κ1) is 12.6. The molecule has 1 N–H and O–H groups in total. The maximum atomic E-state index is 4.63. The average molecular weight is 272 g/mol. The van der Waals surface area contributed by atoms with Crippen LogP contribution < -0.4 is 10.2 Å². The molecule has 1 saturated heterocycles. The summed E-state index contributed by atoms with van der Waals surface area (Å²) < 4.78 is 0. The first-order valence-electron chi connectivity index (χ1n) is 8.20. The third-order valence-electron chi connectivity index (χ3n) is 5.44. The minimum absolute atomic E-state index is 0.902. The van der Waals surface area contributed by atoms with Gasteiger partial charge in [0, 0.05) is 38.2 Å². The lowest BCUT2D eigenvalue weighted by Crippen LogP contribution is -2.43. The van der Waals surface area contributed by atoms with Crippen LogP contribution >= 0.6 is 0 Å². The van der Waals surface area contributed by atoms with Crippen LogP contribution in [0.4, 0.5) is 5.82 Å². The Balaban J connectivity index is 1.58. The second-order valence-corrected chi connectivity index (χ2v) is 6.59. The number of hydrogen-bond acceptors (Lipinski definition) is 4. The van der Waals surface area contributed by atoms with Gasteiger partial charge in [0.05, 0.1) is 5.69 Å². The Kier molecular flexibility index (Phi) is 3.34. The van der Waals surface area contributed by atoms with Gasteiger partial charge in [0.2, 0.25) is 0 Å². The zero-order valence-electron chi connectivity index (χ0n) is 12.1. The van der Waals surface area contributed by atoms with Gasteiger partial charge in [-0.3, -0.25) is 0 Å². The molecule has 1 aromatic heterocycles. The van der Waals surface area contributed by atoms with E-state index in [2.05, 4.69) is 20.2 Å². The van der Waals surface area contributed by atoms with E-state index in [4.69, 9.17) is 0 Å². The standard InChI is InChI=1S/C16H24N4/c1-2-4-13-10-20(8-6-12(13)3-1)16-14-9-17-7-5-15(14)18-11-19-16/h11-13,17H,1-10H2. The summed E-state index contributed by atoms with van der Waals surface area (Å²) in [5.74, 6) is 3.10. The van der Waals surface area contributed by atoms with Gasteiger partial charge in [0.25, 0.3) is 0 Å². The maximum absolute atomic E-state index is 4.63. The number of aromatic nitrogens is 2. The first-order chi connectivity index (χ1) is 9.92. The number of anilines is 1. The Hall–Kier alpha value is -1.16. The highest BCUT2D eigenvalue weighted by Crippen LogP contribution is 2.38. The number of fused-ring (bicyclic) bond motifs is 2. The van der Waals surface area contributed by atoms with Gasteiger partial charge in [-0.05, 0) is 24.7 Å². The van der Waals surface area contributed by atoms with Crippen LogP contribution in [0.2, 0.25) is 0 Å². The van der Waals surface area contributed by atoms with E-state index in [1.807, 2.05) is 0 Å². The molecule has 2 fully saturated rings. The van der Waals surface area contributed by atoms with Crippen molar-refractivity contribution in [3.05, 3.63) is 17.6 Å². The molecule has 2 atom stereocenters. The predicted octanol–water partition coefficient (Wildman–Crippen LogP) is 2.14. The molecule has 4 nitrogen and oxygen atoms in total. The van der Waals surface area contributed by atoms with Crippen molar-refractivity contribution in [2.24, 2.45) is 11.8 Å². The van der Waals surface area contributed by atoms with Crippen LogP contribution in [0.3, 0.4) is 0 Å².